The number of likely N-dealkylation sites (N-methyl/N-ethyl adjacent to an activating group) is 1. The van der Waals surface area contributed by atoms with Crippen LogP contribution in [0.3, 0.4) is 0 Å². The van der Waals surface area contributed by atoms with Gasteiger partial charge in [-0.05, 0) is 73.8 Å². The number of ether oxygens (including phenoxy) is 1. The van der Waals surface area contributed by atoms with Gasteiger partial charge in [-0.15, -0.1) is 0 Å². The molecule has 1 aromatic heterocycles. The monoisotopic (exact) mass is 487 g/mol. The number of hydrogen-bond donors (Lipinski definition) is 0. The second-order valence-corrected chi connectivity index (χ2v) is 10.0. The number of aromatic nitrogens is 2. The first kappa shape index (κ1) is 23.6. The third-order valence-electron chi connectivity index (χ3n) is 7.50. The zero-order valence-corrected chi connectivity index (χ0v) is 21.1. The smallest absolute Gasteiger partial charge is 0.225 e. The van der Waals surface area contributed by atoms with Crippen LogP contribution in [-0.4, -0.2) is 48.1 Å². The van der Waals surface area contributed by atoms with Crippen LogP contribution in [0.1, 0.15) is 47.2 Å². The normalized spacial score (nSPS) is 17.5. The first-order valence-corrected chi connectivity index (χ1v) is 12.6. The highest BCUT2D eigenvalue weighted by Crippen LogP contribution is 2.50. The first-order chi connectivity index (χ1) is 17.0. The lowest BCUT2D eigenvalue weighted by atomic mass is 9.60. The third kappa shape index (κ3) is 4.71. The topological polar surface area (TPSA) is 65.3 Å². The Labute approximate surface area is 212 Å². The summed E-state index contributed by atoms with van der Waals surface area (Å²) in [4.78, 5) is 13.7. The molecule has 0 radical (unpaired) electrons. The van der Waals surface area contributed by atoms with Gasteiger partial charge >= 0.3 is 0 Å². The van der Waals surface area contributed by atoms with Gasteiger partial charge in [0.25, 0.3) is 0 Å². The Bertz CT molecular complexity index is 1240. The van der Waals surface area contributed by atoms with E-state index in [1.54, 1.807) is 0 Å². The van der Waals surface area contributed by atoms with Gasteiger partial charge in [-0.2, -0.15) is 5.26 Å². The van der Waals surface area contributed by atoms with E-state index >= 15 is 0 Å². The van der Waals surface area contributed by atoms with E-state index in [2.05, 4.69) is 40.0 Å². The predicted molar refractivity (Wildman–Crippen MR) is 138 cm³/mol. The summed E-state index contributed by atoms with van der Waals surface area (Å²) >= 11 is 6.48. The van der Waals surface area contributed by atoms with Gasteiger partial charge in [0, 0.05) is 42.8 Å². The lowest BCUT2D eigenvalue weighted by Crippen LogP contribution is -2.45. The molecule has 0 amide bonds. The number of nitriles is 1. The molecule has 0 bridgehead atoms. The summed E-state index contributed by atoms with van der Waals surface area (Å²) in [6, 6.07) is 16.6. The molecular formula is C28H30ClN5O. The number of benzene rings is 2. The van der Waals surface area contributed by atoms with Crippen LogP contribution in [0.4, 0.5) is 5.95 Å². The van der Waals surface area contributed by atoms with Crippen molar-refractivity contribution in [2.75, 3.05) is 38.1 Å². The van der Waals surface area contributed by atoms with Crippen LogP contribution in [0, 0.1) is 18.3 Å². The first-order valence-electron chi connectivity index (χ1n) is 12.2. The van der Waals surface area contributed by atoms with Crippen molar-refractivity contribution in [3.05, 3.63) is 81.6 Å². The molecule has 35 heavy (non-hydrogen) atoms. The Morgan fingerprint density at radius 2 is 1.80 bits per heavy atom. The Hall–Kier alpha value is -3.14. The Balaban J connectivity index is 1.29. The van der Waals surface area contributed by atoms with Crippen LogP contribution in [0.5, 0.6) is 5.75 Å². The fourth-order valence-electron chi connectivity index (χ4n) is 5.00. The van der Waals surface area contributed by atoms with Gasteiger partial charge in [0.2, 0.25) is 5.95 Å². The number of anilines is 1. The minimum Gasteiger partial charge on any atom is -0.487 e. The Kier molecular flexibility index (Phi) is 6.64. The molecule has 0 atom stereocenters. The molecule has 1 saturated heterocycles. The fourth-order valence-corrected chi connectivity index (χ4v) is 5.22. The molecule has 2 fully saturated rings. The average molecular weight is 488 g/mol. The predicted octanol–water partition coefficient (Wildman–Crippen LogP) is 5.11. The van der Waals surface area contributed by atoms with Crippen LogP contribution in [0.2, 0.25) is 5.02 Å². The van der Waals surface area contributed by atoms with Gasteiger partial charge in [-0.3, -0.25) is 0 Å². The van der Waals surface area contributed by atoms with Gasteiger partial charge in [-0.25, -0.2) is 9.97 Å². The van der Waals surface area contributed by atoms with E-state index in [1.807, 2.05) is 43.5 Å². The van der Waals surface area contributed by atoms with Crippen molar-refractivity contribution >= 4 is 17.5 Å². The molecule has 6 nitrogen and oxygen atoms in total. The van der Waals surface area contributed by atoms with Gasteiger partial charge < -0.3 is 14.5 Å². The maximum Gasteiger partial charge on any atom is 0.225 e. The molecule has 1 saturated carbocycles. The number of hydrogen-bond acceptors (Lipinski definition) is 6. The Morgan fingerprint density at radius 3 is 2.46 bits per heavy atom. The van der Waals surface area contributed by atoms with Crippen LogP contribution in [0.15, 0.2) is 48.7 Å². The second kappa shape index (κ2) is 9.85. The van der Waals surface area contributed by atoms with Crippen molar-refractivity contribution < 1.29 is 4.74 Å². The molecule has 0 unspecified atom stereocenters. The van der Waals surface area contributed by atoms with E-state index in [0.717, 1.165) is 74.0 Å². The van der Waals surface area contributed by atoms with E-state index in [-0.39, 0.29) is 5.41 Å². The lowest BCUT2D eigenvalue weighted by Gasteiger charge is -2.43. The molecule has 7 heteroatoms. The van der Waals surface area contributed by atoms with Crippen molar-refractivity contribution in [2.24, 2.45) is 0 Å². The summed E-state index contributed by atoms with van der Waals surface area (Å²) in [5.74, 6) is 1.58. The zero-order chi connectivity index (χ0) is 24.4. The summed E-state index contributed by atoms with van der Waals surface area (Å²) in [5.41, 5.74) is 4.63. The number of nitrogens with zero attached hydrogens (tertiary/aromatic N) is 5. The largest absolute Gasteiger partial charge is 0.487 e. The lowest BCUT2D eigenvalue weighted by molar-refractivity contribution is 0.293. The molecule has 2 aromatic carbocycles. The van der Waals surface area contributed by atoms with E-state index in [1.165, 1.54) is 5.56 Å². The maximum absolute atomic E-state index is 9.55. The summed E-state index contributed by atoms with van der Waals surface area (Å²) in [5, 5.41) is 10.2. The molecule has 3 aromatic rings. The van der Waals surface area contributed by atoms with Crippen molar-refractivity contribution in [1.29, 1.82) is 5.26 Å². The third-order valence-corrected chi connectivity index (χ3v) is 7.90. The highest BCUT2D eigenvalue weighted by molar-refractivity contribution is 6.31. The second-order valence-electron chi connectivity index (χ2n) is 9.63. The van der Waals surface area contributed by atoms with Crippen LogP contribution in [-0.2, 0) is 12.0 Å². The molecule has 2 aliphatic rings. The highest BCUT2D eigenvalue weighted by Gasteiger charge is 2.40. The summed E-state index contributed by atoms with van der Waals surface area (Å²) < 4.78 is 6.07. The van der Waals surface area contributed by atoms with E-state index in [4.69, 9.17) is 21.3 Å². The highest BCUT2D eigenvalue weighted by atomic mass is 35.5. The van der Waals surface area contributed by atoms with Gasteiger partial charge in [-0.1, -0.05) is 30.2 Å². The number of piperazine rings is 1. The SMILES string of the molecule is Cc1c(Cl)cc(C2(c3ccc(OCc4ccnc(N5CCN(C)CC5)n4)cc3)CCC2)cc1C#N. The van der Waals surface area contributed by atoms with Crippen LogP contribution >= 0.6 is 11.6 Å². The maximum atomic E-state index is 9.55. The summed E-state index contributed by atoms with van der Waals surface area (Å²) in [6.07, 6.45) is 5.07. The van der Waals surface area contributed by atoms with Gasteiger partial charge in [0.1, 0.15) is 12.4 Å². The van der Waals surface area contributed by atoms with Crippen LogP contribution < -0.4 is 9.64 Å². The number of rotatable bonds is 6. The van der Waals surface area contributed by atoms with E-state index < -0.39 is 0 Å². The molecule has 5 rings (SSSR count). The van der Waals surface area contributed by atoms with Crippen molar-refractivity contribution in [3.8, 4) is 11.8 Å². The zero-order valence-electron chi connectivity index (χ0n) is 20.3. The van der Waals surface area contributed by atoms with Gasteiger partial charge in [0.05, 0.1) is 17.3 Å². The average Bonchev–Trinajstić information content (AvgIpc) is 2.85. The van der Waals surface area contributed by atoms with Crippen LogP contribution in [0.25, 0.3) is 0 Å². The molecule has 2 heterocycles. The van der Waals surface area contributed by atoms with Gasteiger partial charge in [0.15, 0.2) is 0 Å². The van der Waals surface area contributed by atoms with E-state index in [9.17, 15) is 5.26 Å². The van der Waals surface area contributed by atoms with Crippen molar-refractivity contribution in [2.45, 2.75) is 38.2 Å². The summed E-state index contributed by atoms with van der Waals surface area (Å²) in [7, 11) is 2.14. The molecule has 1 aliphatic heterocycles. The summed E-state index contributed by atoms with van der Waals surface area (Å²) in [6.45, 7) is 6.20. The Morgan fingerprint density at radius 1 is 1.06 bits per heavy atom. The van der Waals surface area contributed by atoms with Crippen molar-refractivity contribution in [1.82, 2.24) is 14.9 Å². The fraction of sp³-hybridized carbons (Fsp3) is 0.393. The standard InChI is InChI=1S/C28H30ClN5O/c1-20-21(18-30)16-23(17-26(20)29)28(9-3-10-28)22-4-6-25(7-5-22)35-19-24-8-11-31-27(32-24)34-14-12-33(2)13-15-34/h4-8,11,16-17H,3,9-10,12-15,19H2,1-2H3. The molecular weight excluding hydrogens is 458 g/mol. The molecule has 1 aliphatic carbocycles. The number of halogens is 1. The molecule has 0 N–H and O–H groups in total. The minimum atomic E-state index is -0.0917. The quantitative estimate of drug-likeness (QED) is 0.481. The van der Waals surface area contributed by atoms with E-state index in [0.29, 0.717) is 17.2 Å². The van der Waals surface area contributed by atoms with Crippen molar-refractivity contribution in [3.63, 3.8) is 0 Å². The molecule has 180 valence electrons. The minimum absolute atomic E-state index is 0.0917. The molecule has 0 spiro atoms.